The van der Waals surface area contributed by atoms with E-state index in [9.17, 15) is 4.79 Å². The first-order chi connectivity index (χ1) is 15.3. The fourth-order valence-electron chi connectivity index (χ4n) is 2.88. The Bertz CT molecular complexity index is 1120. The van der Waals surface area contributed by atoms with Gasteiger partial charge in [0.05, 0.1) is 26.5 Å². The molecule has 0 bridgehead atoms. The second kappa shape index (κ2) is 11.1. The fraction of sp³-hybridized carbons (Fsp3) is 0.227. The van der Waals surface area contributed by atoms with Gasteiger partial charge in [-0.05, 0) is 43.7 Å². The van der Waals surface area contributed by atoms with Crippen molar-refractivity contribution in [2.45, 2.75) is 31.7 Å². The molecule has 0 radical (unpaired) electrons. The van der Waals surface area contributed by atoms with Gasteiger partial charge in [0, 0.05) is 6.54 Å². The predicted molar refractivity (Wildman–Crippen MR) is 131 cm³/mol. The maximum Gasteiger partial charge on any atom is 0.234 e. The Labute approximate surface area is 205 Å². The standard InChI is InChI=1S/C22H21Cl3N4O2S/c1-4-10-29-21(14(3)31-18-11-13(2)8-9-15(18)23)27-28-22(29)32-12-19(30)26-20-16(24)6-5-7-17(20)25/h4-9,11,14H,1,10,12H2,2-3H3,(H,26,30). The number of allylic oxidation sites excluding steroid dienone is 1. The lowest BCUT2D eigenvalue weighted by Crippen LogP contribution is -2.16. The van der Waals surface area contributed by atoms with Crippen molar-refractivity contribution in [3.63, 3.8) is 0 Å². The monoisotopic (exact) mass is 510 g/mol. The third-order valence-corrected chi connectivity index (χ3v) is 6.28. The second-order valence-corrected chi connectivity index (χ2v) is 9.03. The van der Waals surface area contributed by atoms with Crippen LogP contribution in [0.1, 0.15) is 24.4 Å². The number of ether oxygens (including phenoxy) is 1. The minimum Gasteiger partial charge on any atom is -0.481 e. The second-order valence-electron chi connectivity index (χ2n) is 6.87. The summed E-state index contributed by atoms with van der Waals surface area (Å²) in [5.74, 6) is 0.989. The molecule has 0 aliphatic rings. The average molecular weight is 512 g/mol. The van der Waals surface area contributed by atoms with Gasteiger partial charge < -0.3 is 10.1 Å². The van der Waals surface area contributed by atoms with Crippen molar-refractivity contribution in [3.8, 4) is 5.75 Å². The summed E-state index contributed by atoms with van der Waals surface area (Å²) in [6.07, 6.45) is 1.30. The van der Waals surface area contributed by atoms with Crippen LogP contribution >= 0.6 is 46.6 Å². The van der Waals surface area contributed by atoms with Crippen molar-refractivity contribution in [2.24, 2.45) is 0 Å². The number of carbonyl (C=O) groups is 1. The number of benzene rings is 2. The van der Waals surface area contributed by atoms with Crippen LogP contribution in [0.4, 0.5) is 5.69 Å². The van der Waals surface area contributed by atoms with Crippen LogP contribution < -0.4 is 10.1 Å². The number of carbonyl (C=O) groups excluding carboxylic acids is 1. The van der Waals surface area contributed by atoms with Crippen molar-refractivity contribution in [1.29, 1.82) is 0 Å². The number of anilines is 1. The minimum atomic E-state index is -0.424. The molecule has 0 spiro atoms. The molecule has 0 aliphatic heterocycles. The van der Waals surface area contributed by atoms with Crippen LogP contribution in [0.5, 0.6) is 5.75 Å². The number of amides is 1. The zero-order valence-corrected chi connectivity index (χ0v) is 20.5. The number of thioether (sulfide) groups is 1. The summed E-state index contributed by atoms with van der Waals surface area (Å²) < 4.78 is 7.88. The van der Waals surface area contributed by atoms with Crippen LogP contribution in [0.3, 0.4) is 0 Å². The SMILES string of the molecule is C=CCn1c(SCC(=O)Nc2c(Cl)cccc2Cl)nnc1C(C)Oc1cc(C)ccc1Cl. The van der Waals surface area contributed by atoms with Gasteiger partial charge in [0.2, 0.25) is 5.91 Å². The number of rotatable bonds is 9. The molecule has 3 aromatic rings. The topological polar surface area (TPSA) is 69.0 Å². The number of nitrogens with zero attached hydrogens (tertiary/aromatic N) is 3. The van der Waals surface area contributed by atoms with E-state index in [4.69, 9.17) is 39.5 Å². The lowest BCUT2D eigenvalue weighted by Gasteiger charge is -2.17. The molecule has 1 heterocycles. The van der Waals surface area contributed by atoms with E-state index < -0.39 is 6.10 Å². The number of hydrogen-bond acceptors (Lipinski definition) is 5. The Morgan fingerprint density at radius 2 is 1.94 bits per heavy atom. The van der Waals surface area contributed by atoms with Gasteiger partial charge in [0.1, 0.15) is 5.75 Å². The normalized spacial score (nSPS) is 11.8. The van der Waals surface area contributed by atoms with Gasteiger partial charge in [-0.1, -0.05) is 64.8 Å². The lowest BCUT2D eigenvalue weighted by atomic mass is 10.2. The van der Waals surface area contributed by atoms with Gasteiger partial charge in [-0.3, -0.25) is 9.36 Å². The fourth-order valence-corrected chi connectivity index (χ4v) is 4.28. The van der Waals surface area contributed by atoms with E-state index in [0.717, 1.165) is 5.56 Å². The Morgan fingerprint density at radius 3 is 2.62 bits per heavy atom. The summed E-state index contributed by atoms with van der Waals surface area (Å²) >= 11 is 19.7. The first kappa shape index (κ1) is 24.5. The summed E-state index contributed by atoms with van der Waals surface area (Å²) in [6, 6.07) is 10.6. The molecule has 0 fully saturated rings. The van der Waals surface area contributed by atoms with Gasteiger partial charge in [0.25, 0.3) is 0 Å². The summed E-state index contributed by atoms with van der Waals surface area (Å²) in [7, 11) is 0. The molecule has 10 heteroatoms. The maximum atomic E-state index is 12.4. The number of para-hydroxylation sites is 1. The van der Waals surface area contributed by atoms with Gasteiger partial charge >= 0.3 is 0 Å². The number of halogens is 3. The first-order valence-corrected chi connectivity index (χ1v) is 11.8. The van der Waals surface area contributed by atoms with Crippen LogP contribution in [0, 0.1) is 6.92 Å². The van der Waals surface area contributed by atoms with E-state index in [2.05, 4.69) is 22.1 Å². The van der Waals surface area contributed by atoms with E-state index in [1.54, 1.807) is 30.3 Å². The predicted octanol–water partition coefficient (Wildman–Crippen LogP) is 6.60. The highest BCUT2D eigenvalue weighted by Gasteiger charge is 2.21. The maximum absolute atomic E-state index is 12.4. The van der Waals surface area contributed by atoms with E-state index in [0.29, 0.717) is 44.0 Å². The minimum absolute atomic E-state index is 0.0930. The van der Waals surface area contributed by atoms with Crippen molar-refractivity contribution in [3.05, 3.63) is 75.5 Å². The molecule has 1 N–H and O–H groups in total. The van der Waals surface area contributed by atoms with Crippen LogP contribution in [0.15, 0.2) is 54.2 Å². The van der Waals surface area contributed by atoms with Crippen LogP contribution in [0.2, 0.25) is 15.1 Å². The largest absolute Gasteiger partial charge is 0.481 e. The van der Waals surface area contributed by atoms with Crippen LogP contribution in [0.25, 0.3) is 0 Å². The van der Waals surface area contributed by atoms with Crippen molar-refractivity contribution in [1.82, 2.24) is 14.8 Å². The Balaban J connectivity index is 1.72. The summed E-state index contributed by atoms with van der Waals surface area (Å²) in [5.41, 5.74) is 1.41. The molecule has 0 saturated heterocycles. The highest BCUT2D eigenvalue weighted by atomic mass is 35.5. The molecular weight excluding hydrogens is 491 g/mol. The number of nitrogens with one attached hydrogen (secondary N) is 1. The molecule has 168 valence electrons. The quantitative estimate of drug-likeness (QED) is 0.259. The Hall–Kier alpha value is -2.19. The van der Waals surface area contributed by atoms with Gasteiger partial charge in [-0.25, -0.2) is 0 Å². The highest BCUT2D eigenvalue weighted by molar-refractivity contribution is 7.99. The van der Waals surface area contributed by atoms with Gasteiger partial charge in [-0.2, -0.15) is 0 Å². The molecule has 2 aromatic carbocycles. The number of hydrogen-bond donors (Lipinski definition) is 1. The molecule has 0 saturated carbocycles. The van der Waals surface area contributed by atoms with Crippen molar-refractivity contribution >= 4 is 58.2 Å². The molecular formula is C22H21Cl3N4O2S. The average Bonchev–Trinajstić information content (AvgIpc) is 3.15. The third-order valence-electron chi connectivity index (χ3n) is 4.37. The van der Waals surface area contributed by atoms with E-state index in [1.807, 2.05) is 30.5 Å². The van der Waals surface area contributed by atoms with Crippen molar-refractivity contribution < 1.29 is 9.53 Å². The van der Waals surface area contributed by atoms with Crippen LogP contribution in [-0.2, 0) is 11.3 Å². The molecule has 1 amide bonds. The molecule has 0 aliphatic carbocycles. The summed E-state index contributed by atoms with van der Waals surface area (Å²) in [4.78, 5) is 12.4. The van der Waals surface area contributed by atoms with E-state index >= 15 is 0 Å². The van der Waals surface area contributed by atoms with Crippen molar-refractivity contribution in [2.75, 3.05) is 11.1 Å². The Kier molecular flexibility index (Phi) is 8.48. The summed E-state index contributed by atoms with van der Waals surface area (Å²) in [5, 5.41) is 13.1. The summed E-state index contributed by atoms with van der Waals surface area (Å²) in [6.45, 7) is 8.08. The zero-order valence-electron chi connectivity index (χ0n) is 17.4. The van der Waals surface area contributed by atoms with Gasteiger partial charge in [-0.15, -0.1) is 16.8 Å². The van der Waals surface area contributed by atoms with E-state index in [-0.39, 0.29) is 11.7 Å². The lowest BCUT2D eigenvalue weighted by molar-refractivity contribution is -0.113. The zero-order chi connectivity index (χ0) is 23.3. The Morgan fingerprint density at radius 1 is 1.22 bits per heavy atom. The molecule has 32 heavy (non-hydrogen) atoms. The van der Waals surface area contributed by atoms with Gasteiger partial charge in [0.15, 0.2) is 17.1 Å². The molecule has 1 aromatic heterocycles. The highest BCUT2D eigenvalue weighted by Crippen LogP contribution is 2.32. The molecule has 1 unspecified atom stereocenters. The first-order valence-electron chi connectivity index (χ1n) is 9.63. The number of aromatic nitrogens is 3. The molecule has 6 nitrogen and oxygen atoms in total. The molecule has 1 atom stereocenters. The number of aryl methyl sites for hydroxylation is 1. The smallest absolute Gasteiger partial charge is 0.234 e. The van der Waals surface area contributed by atoms with E-state index in [1.165, 1.54) is 11.8 Å². The van der Waals surface area contributed by atoms with Crippen LogP contribution in [-0.4, -0.2) is 26.4 Å². The third kappa shape index (κ3) is 5.98. The molecule has 3 rings (SSSR count).